The highest BCUT2D eigenvalue weighted by atomic mass is 35.5. The lowest BCUT2D eigenvalue weighted by Gasteiger charge is -2.10. The van der Waals surface area contributed by atoms with E-state index in [0.717, 1.165) is 27.3 Å². The van der Waals surface area contributed by atoms with Crippen LogP contribution in [0, 0.1) is 0 Å². The Hall–Kier alpha value is -2.28. The molecule has 0 aliphatic heterocycles. The van der Waals surface area contributed by atoms with Crippen LogP contribution in [-0.2, 0) is 0 Å². The third-order valence-electron chi connectivity index (χ3n) is 4.25. The summed E-state index contributed by atoms with van der Waals surface area (Å²) >= 11 is 13.8. The zero-order valence-corrected chi connectivity index (χ0v) is 18.9. The van der Waals surface area contributed by atoms with Gasteiger partial charge in [0.1, 0.15) is 0 Å². The Morgan fingerprint density at radius 2 is 1.79 bits per heavy atom. The van der Waals surface area contributed by atoms with Crippen LogP contribution >= 0.6 is 34.5 Å². The molecule has 0 bridgehead atoms. The zero-order chi connectivity index (χ0) is 21.0. The van der Waals surface area contributed by atoms with Crippen LogP contribution in [0.3, 0.4) is 0 Å². The molecule has 8 heteroatoms. The van der Waals surface area contributed by atoms with Gasteiger partial charge in [-0.25, -0.2) is 4.68 Å². The predicted octanol–water partition coefficient (Wildman–Crippen LogP) is 5.73. The summed E-state index contributed by atoms with van der Waals surface area (Å²) in [6.07, 6.45) is 0. The van der Waals surface area contributed by atoms with E-state index >= 15 is 0 Å². The molecule has 0 fully saturated rings. The summed E-state index contributed by atoms with van der Waals surface area (Å²) < 4.78 is 12.6. The van der Waals surface area contributed by atoms with Crippen molar-refractivity contribution in [1.29, 1.82) is 0 Å². The van der Waals surface area contributed by atoms with Gasteiger partial charge in [-0.05, 0) is 44.2 Å². The second-order valence-electron chi connectivity index (χ2n) is 6.07. The number of ether oxygens (including phenoxy) is 2. The first-order valence-electron chi connectivity index (χ1n) is 8.93. The normalized spacial score (nSPS) is 12.3. The molecular formula is C21H21Cl2N3O2S. The predicted molar refractivity (Wildman–Crippen MR) is 121 cm³/mol. The van der Waals surface area contributed by atoms with E-state index in [2.05, 4.69) is 4.99 Å². The third-order valence-corrected chi connectivity index (χ3v) is 5.84. The maximum atomic E-state index is 6.22. The summed E-state index contributed by atoms with van der Waals surface area (Å²) in [5.41, 5.74) is 3.53. The molecular weight excluding hydrogens is 429 g/mol. The SMILES string of the molecule is CCN=c1scc(-c2ccc(Cl)c(Cl)c2)n1N=C(C)c1ccc(OC)c(OC)c1. The second kappa shape index (κ2) is 9.48. The molecule has 0 aliphatic rings. The molecule has 1 aromatic heterocycles. The zero-order valence-electron chi connectivity index (χ0n) is 16.6. The van der Waals surface area contributed by atoms with Crippen molar-refractivity contribution in [1.82, 2.24) is 4.68 Å². The lowest BCUT2D eigenvalue weighted by atomic mass is 10.1. The minimum atomic E-state index is 0.497. The number of nitrogens with zero attached hydrogens (tertiary/aromatic N) is 3. The van der Waals surface area contributed by atoms with E-state index in [9.17, 15) is 0 Å². The number of halogens is 2. The summed E-state index contributed by atoms with van der Waals surface area (Å²) in [5.74, 6) is 1.32. The average molecular weight is 450 g/mol. The van der Waals surface area contributed by atoms with E-state index < -0.39 is 0 Å². The van der Waals surface area contributed by atoms with Gasteiger partial charge in [-0.2, -0.15) is 5.10 Å². The van der Waals surface area contributed by atoms with Crippen molar-refractivity contribution in [3.8, 4) is 22.8 Å². The molecule has 0 radical (unpaired) electrons. The Labute approximate surface area is 183 Å². The fourth-order valence-corrected chi connectivity index (χ4v) is 3.96. The van der Waals surface area contributed by atoms with Crippen LogP contribution in [0.4, 0.5) is 0 Å². The lowest BCUT2D eigenvalue weighted by molar-refractivity contribution is 0.355. The Kier molecular flexibility index (Phi) is 7.00. The van der Waals surface area contributed by atoms with E-state index in [1.54, 1.807) is 20.3 Å². The molecule has 0 unspecified atom stereocenters. The summed E-state index contributed by atoms with van der Waals surface area (Å²) in [5, 5.41) is 7.87. The molecule has 1 heterocycles. The highest BCUT2D eigenvalue weighted by Gasteiger charge is 2.12. The van der Waals surface area contributed by atoms with E-state index in [4.69, 9.17) is 37.8 Å². The van der Waals surface area contributed by atoms with Crippen molar-refractivity contribution in [3.05, 3.63) is 62.2 Å². The van der Waals surface area contributed by atoms with E-state index in [0.29, 0.717) is 28.1 Å². The van der Waals surface area contributed by atoms with Crippen molar-refractivity contribution >= 4 is 40.3 Å². The molecule has 0 atom stereocenters. The van der Waals surface area contributed by atoms with Gasteiger partial charge in [-0.1, -0.05) is 29.3 Å². The molecule has 5 nitrogen and oxygen atoms in total. The van der Waals surface area contributed by atoms with Gasteiger partial charge in [0.2, 0.25) is 4.80 Å². The third kappa shape index (κ3) is 4.66. The smallest absolute Gasteiger partial charge is 0.206 e. The summed E-state index contributed by atoms with van der Waals surface area (Å²) in [7, 11) is 3.23. The number of aromatic nitrogens is 1. The first-order chi connectivity index (χ1) is 14.0. The van der Waals surface area contributed by atoms with Crippen LogP contribution < -0.4 is 14.3 Å². The van der Waals surface area contributed by atoms with Gasteiger partial charge < -0.3 is 9.47 Å². The quantitative estimate of drug-likeness (QED) is 0.450. The lowest BCUT2D eigenvalue weighted by Crippen LogP contribution is -2.14. The van der Waals surface area contributed by atoms with Crippen LogP contribution in [0.2, 0.25) is 10.0 Å². The molecule has 0 amide bonds. The number of hydrogen-bond acceptors (Lipinski definition) is 5. The van der Waals surface area contributed by atoms with Crippen LogP contribution in [0.25, 0.3) is 11.3 Å². The molecule has 0 N–H and O–H groups in total. The fraction of sp³-hybridized carbons (Fsp3) is 0.238. The summed E-state index contributed by atoms with van der Waals surface area (Å²) in [6, 6.07) is 11.2. The van der Waals surface area contributed by atoms with Gasteiger partial charge in [0, 0.05) is 23.1 Å². The molecule has 29 heavy (non-hydrogen) atoms. The molecule has 2 aromatic carbocycles. The second-order valence-corrected chi connectivity index (χ2v) is 7.72. The van der Waals surface area contributed by atoms with Crippen LogP contribution in [0.15, 0.2) is 51.9 Å². The number of methoxy groups -OCH3 is 2. The van der Waals surface area contributed by atoms with E-state index in [1.165, 1.54) is 11.3 Å². The Balaban J connectivity index is 2.13. The number of benzene rings is 2. The monoisotopic (exact) mass is 449 g/mol. The fourth-order valence-electron chi connectivity index (χ4n) is 2.76. The molecule has 0 aliphatic carbocycles. The van der Waals surface area contributed by atoms with Crippen molar-refractivity contribution < 1.29 is 9.47 Å². The van der Waals surface area contributed by atoms with Crippen molar-refractivity contribution in [2.45, 2.75) is 13.8 Å². The Morgan fingerprint density at radius 3 is 2.45 bits per heavy atom. The maximum absolute atomic E-state index is 6.22. The van der Waals surface area contributed by atoms with Crippen molar-refractivity contribution in [2.24, 2.45) is 10.1 Å². The van der Waals surface area contributed by atoms with Crippen molar-refractivity contribution in [3.63, 3.8) is 0 Å². The first-order valence-corrected chi connectivity index (χ1v) is 10.6. The number of thiazole rings is 1. The van der Waals surface area contributed by atoms with E-state index in [1.807, 2.05) is 54.2 Å². The topological polar surface area (TPSA) is 48.1 Å². The molecule has 0 spiro atoms. The van der Waals surface area contributed by atoms with Gasteiger partial charge in [-0.3, -0.25) is 4.99 Å². The Bertz CT molecular complexity index is 1120. The highest BCUT2D eigenvalue weighted by molar-refractivity contribution is 7.07. The molecule has 152 valence electrons. The van der Waals surface area contributed by atoms with Gasteiger partial charge >= 0.3 is 0 Å². The minimum Gasteiger partial charge on any atom is -0.493 e. The summed E-state index contributed by atoms with van der Waals surface area (Å²) in [6.45, 7) is 4.60. The highest BCUT2D eigenvalue weighted by Crippen LogP contribution is 2.30. The average Bonchev–Trinajstić information content (AvgIpc) is 3.12. The van der Waals surface area contributed by atoms with Gasteiger partial charge in [0.25, 0.3) is 0 Å². The van der Waals surface area contributed by atoms with Crippen LogP contribution in [0.5, 0.6) is 11.5 Å². The van der Waals surface area contributed by atoms with Crippen molar-refractivity contribution in [2.75, 3.05) is 20.8 Å². The van der Waals surface area contributed by atoms with E-state index in [-0.39, 0.29) is 0 Å². The van der Waals surface area contributed by atoms with Gasteiger partial charge in [0.15, 0.2) is 11.5 Å². The number of hydrogen-bond donors (Lipinski definition) is 0. The van der Waals surface area contributed by atoms with Crippen LogP contribution in [-0.4, -0.2) is 31.2 Å². The molecule has 3 aromatic rings. The molecule has 3 rings (SSSR count). The first kappa shape index (κ1) is 21.4. The number of rotatable bonds is 6. The van der Waals surface area contributed by atoms with Crippen LogP contribution in [0.1, 0.15) is 19.4 Å². The minimum absolute atomic E-state index is 0.497. The Morgan fingerprint density at radius 1 is 1.03 bits per heavy atom. The largest absolute Gasteiger partial charge is 0.493 e. The van der Waals surface area contributed by atoms with Gasteiger partial charge in [-0.15, -0.1) is 11.3 Å². The van der Waals surface area contributed by atoms with Gasteiger partial charge in [0.05, 0.1) is 35.7 Å². The molecule has 0 saturated heterocycles. The molecule has 0 saturated carbocycles. The maximum Gasteiger partial charge on any atom is 0.206 e. The summed E-state index contributed by atoms with van der Waals surface area (Å²) in [4.78, 5) is 5.37. The standard InChI is InChI=1S/C21H21Cl2N3O2S/c1-5-24-21-26(18(12-29-21)15-6-8-16(22)17(23)10-15)25-13(2)14-7-9-19(27-3)20(11-14)28-4/h6-12H,5H2,1-4H3.